The minimum absolute atomic E-state index is 0.182. The Hall–Kier alpha value is -1.52. The van der Waals surface area contributed by atoms with Crippen LogP contribution >= 0.6 is 0 Å². The first kappa shape index (κ1) is 15.5. The van der Waals surface area contributed by atoms with E-state index in [2.05, 4.69) is 5.32 Å². The largest absolute Gasteiger partial charge is 0.466 e. The molecule has 0 aromatic heterocycles. The number of hydrogen-bond acceptors (Lipinski definition) is 4. The number of carbonyl (C=O) groups excluding carboxylic acids is 2. The topological polar surface area (TPSA) is 64.6 Å². The van der Waals surface area contributed by atoms with Crippen LogP contribution in [0.5, 0.6) is 0 Å². The lowest BCUT2D eigenvalue weighted by molar-refractivity contribution is -0.148. The summed E-state index contributed by atoms with van der Waals surface area (Å²) in [5.41, 5.74) is -0.525. The molecule has 0 fully saturated rings. The van der Waals surface area contributed by atoms with E-state index in [4.69, 9.17) is 9.47 Å². The van der Waals surface area contributed by atoms with Gasteiger partial charge < -0.3 is 14.8 Å². The fourth-order valence-electron chi connectivity index (χ4n) is 1.91. The van der Waals surface area contributed by atoms with Crippen LogP contribution in [0, 0.1) is 5.92 Å². The highest BCUT2D eigenvalue weighted by atomic mass is 16.6. The minimum atomic E-state index is -0.525. The Morgan fingerprint density at radius 3 is 2.63 bits per heavy atom. The van der Waals surface area contributed by atoms with E-state index >= 15 is 0 Å². The van der Waals surface area contributed by atoms with Crippen LogP contribution in [-0.4, -0.2) is 30.3 Å². The molecule has 0 bridgehead atoms. The molecule has 0 spiro atoms. The third kappa shape index (κ3) is 5.77. The molecule has 0 aliphatic heterocycles. The molecule has 1 rings (SSSR count). The van der Waals surface area contributed by atoms with Crippen LogP contribution in [0.3, 0.4) is 0 Å². The molecule has 0 radical (unpaired) electrons. The first-order chi connectivity index (χ1) is 8.81. The summed E-state index contributed by atoms with van der Waals surface area (Å²) >= 11 is 0. The predicted molar refractivity (Wildman–Crippen MR) is 71.7 cm³/mol. The summed E-state index contributed by atoms with van der Waals surface area (Å²) in [6, 6.07) is -0.182. The second-order valence-electron chi connectivity index (χ2n) is 5.60. The van der Waals surface area contributed by atoms with Gasteiger partial charge in [0.1, 0.15) is 5.60 Å². The lowest BCUT2D eigenvalue weighted by atomic mass is 9.91. The maximum Gasteiger partial charge on any atom is 0.408 e. The molecule has 0 aromatic rings. The molecule has 5 heteroatoms. The van der Waals surface area contributed by atoms with Crippen LogP contribution < -0.4 is 5.32 Å². The summed E-state index contributed by atoms with van der Waals surface area (Å²) in [6.07, 6.45) is 4.53. The maximum atomic E-state index is 11.7. The Kier molecular flexibility index (Phi) is 5.39. The number of nitrogens with one attached hydrogen (secondary N) is 1. The van der Waals surface area contributed by atoms with Gasteiger partial charge in [0.25, 0.3) is 0 Å². The lowest BCUT2D eigenvalue weighted by Crippen LogP contribution is -2.41. The van der Waals surface area contributed by atoms with E-state index in [1.165, 1.54) is 0 Å². The first-order valence-corrected chi connectivity index (χ1v) is 6.64. The molecule has 1 amide bonds. The van der Waals surface area contributed by atoms with E-state index in [1.807, 2.05) is 32.9 Å². The van der Waals surface area contributed by atoms with Gasteiger partial charge in [-0.3, -0.25) is 4.79 Å². The first-order valence-electron chi connectivity index (χ1n) is 6.64. The highest BCUT2D eigenvalue weighted by molar-refractivity contribution is 5.73. The van der Waals surface area contributed by atoms with Gasteiger partial charge in [0, 0.05) is 0 Å². The second-order valence-corrected chi connectivity index (χ2v) is 5.60. The van der Waals surface area contributed by atoms with Crippen LogP contribution in [0.1, 0.15) is 40.5 Å². The molecule has 1 N–H and O–H groups in total. The quantitative estimate of drug-likeness (QED) is 0.631. The smallest absolute Gasteiger partial charge is 0.408 e. The molecule has 0 saturated carbocycles. The zero-order chi connectivity index (χ0) is 14.5. The SMILES string of the molecule is CCOC(=O)[C@H]1CC=C[C@@H](NC(=O)OC(C)(C)C)C1. The Labute approximate surface area is 114 Å². The normalized spacial score (nSPS) is 22.7. The number of hydrogen-bond donors (Lipinski definition) is 1. The summed E-state index contributed by atoms with van der Waals surface area (Å²) in [5, 5.41) is 2.75. The van der Waals surface area contributed by atoms with Crippen molar-refractivity contribution < 1.29 is 19.1 Å². The van der Waals surface area contributed by atoms with E-state index in [0.29, 0.717) is 19.4 Å². The fourth-order valence-corrected chi connectivity index (χ4v) is 1.91. The van der Waals surface area contributed by atoms with Gasteiger partial charge in [-0.2, -0.15) is 0 Å². The summed E-state index contributed by atoms with van der Waals surface area (Å²) in [4.78, 5) is 23.3. The van der Waals surface area contributed by atoms with Gasteiger partial charge in [-0.1, -0.05) is 12.2 Å². The van der Waals surface area contributed by atoms with Gasteiger partial charge in [-0.25, -0.2) is 4.79 Å². The van der Waals surface area contributed by atoms with Crippen molar-refractivity contribution in [1.29, 1.82) is 0 Å². The average molecular weight is 269 g/mol. The van der Waals surface area contributed by atoms with Crippen molar-refractivity contribution in [3.63, 3.8) is 0 Å². The Morgan fingerprint density at radius 1 is 1.37 bits per heavy atom. The van der Waals surface area contributed by atoms with E-state index in [0.717, 1.165) is 0 Å². The van der Waals surface area contributed by atoms with Crippen LogP contribution in [0.4, 0.5) is 4.79 Å². The van der Waals surface area contributed by atoms with E-state index in [1.54, 1.807) is 6.92 Å². The Balaban J connectivity index is 2.47. The van der Waals surface area contributed by atoms with Crippen LogP contribution in [-0.2, 0) is 14.3 Å². The maximum absolute atomic E-state index is 11.7. The highest BCUT2D eigenvalue weighted by Crippen LogP contribution is 2.20. The summed E-state index contributed by atoms with van der Waals surface area (Å²) in [6.45, 7) is 7.59. The fraction of sp³-hybridized carbons (Fsp3) is 0.714. The van der Waals surface area contributed by atoms with Crippen molar-refractivity contribution >= 4 is 12.1 Å². The Morgan fingerprint density at radius 2 is 2.05 bits per heavy atom. The Bertz CT molecular complexity index is 357. The van der Waals surface area contributed by atoms with Gasteiger partial charge in [0.2, 0.25) is 0 Å². The van der Waals surface area contributed by atoms with Crippen molar-refractivity contribution in [1.82, 2.24) is 5.32 Å². The third-order valence-corrected chi connectivity index (χ3v) is 2.65. The molecule has 2 atom stereocenters. The highest BCUT2D eigenvalue weighted by Gasteiger charge is 2.27. The lowest BCUT2D eigenvalue weighted by Gasteiger charge is -2.26. The predicted octanol–water partition coefficient (Wildman–Crippen LogP) is 2.41. The van der Waals surface area contributed by atoms with E-state index in [9.17, 15) is 9.59 Å². The standard InChI is InChI=1S/C14H23NO4/c1-5-18-12(16)10-7-6-8-11(9-10)15-13(17)19-14(2,3)4/h6,8,10-11H,5,7,9H2,1-4H3,(H,15,17)/t10-,11+/m0/s1. The van der Waals surface area contributed by atoms with E-state index in [-0.39, 0.29) is 17.9 Å². The van der Waals surface area contributed by atoms with Crippen molar-refractivity contribution in [2.24, 2.45) is 5.92 Å². The minimum Gasteiger partial charge on any atom is -0.466 e. The van der Waals surface area contributed by atoms with Crippen LogP contribution in [0.25, 0.3) is 0 Å². The number of rotatable bonds is 3. The molecule has 0 unspecified atom stereocenters. The number of ether oxygens (including phenoxy) is 2. The molecular weight excluding hydrogens is 246 g/mol. The van der Waals surface area contributed by atoms with Crippen LogP contribution in [0.2, 0.25) is 0 Å². The van der Waals surface area contributed by atoms with Crippen molar-refractivity contribution in [3.8, 4) is 0 Å². The average Bonchev–Trinajstić information content (AvgIpc) is 2.27. The molecular formula is C14H23NO4. The van der Waals surface area contributed by atoms with Crippen molar-refractivity contribution in [2.75, 3.05) is 6.61 Å². The molecule has 19 heavy (non-hydrogen) atoms. The van der Waals surface area contributed by atoms with Gasteiger partial charge >= 0.3 is 12.1 Å². The third-order valence-electron chi connectivity index (χ3n) is 2.65. The molecule has 1 aliphatic rings. The van der Waals surface area contributed by atoms with Gasteiger partial charge in [0.15, 0.2) is 0 Å². The number of allylic oxidation sites excluding steroid dienone is 1. The monoisotopic (exact) mass is 269 g/mol. The molecule has 1 aliphatic carbocycles. The summed E-state index contributed by atoms with van der Waals surface area (Å²) in [5.74, 6) is -0.396. The summed E-state index contributed by atoms with van der Waals surface area (Å²) < 4.78 is 10.2. The van der Waals surface area contributed by atoms with Gasteiger partial charge in [-0.15, -0.1) is 0 Å². The molecule has 0 heterocycles. The van der Waals surface area contributed by atoms with Crippen LogP contribution in [0.15, 0.2) is 12.2 Å². The van der Waals surface area contributed by atoms with Crippen molar-refractivity contribution in [2.45, 2.75) is 52.2 Å². The number of alkyl carbamates (subject to hydrolysis) is 1. The van der Waals surface area contributed by atoms with Gasteiger partial charge in [0.05, 0.1) is 18.6 Å². The molecule has 0 saturated heterocycles. The zero-order valence-corrected chi connectivity index (χ0v) is 12.1. The molecule has 0 aromatic carbocycles. The van der Waals surface area contributed by atoms with Crippen molar-refractivity contribution in [3.05, 3.63) is 12.2 Å². The number of amides is 1. The van der Waals surface area contributed by atoms with Gasteiger partial charge in [-0.05, 0) is 40.5 Å². The number of carbonyl (C=O) groups is 2. The van der Waals surface area contributed by atoms with E-state index < -0.39 is 11.7 Å². The summed E-state index contributed by atoms with van der Waals surface area (Å²) in [7, 11) is 0. The second kappa shape index (κ2) is 6.59. The molecule has 108 valence electrons. The number of esters is 1. The molecule has 5 nitrogen and oxygen atoms in total. The zero-order valence-electron chi connectivity index (χ0n) is 12.1.